The Kier molecular flexibility index (Phi) is 7.95. The maximum atomic E-state index is 12.9. The molecule has 0 bridgehead atoms. The van der Waals surface area contributed by atoms with Gasteiger partial charge in [0.1, 0.15) is 16.3 Å². The highest BCUT2D eigenvalue weighted by molar-refractivity contribution is 7.17. The summed E-state index contributed by atoms with van der Waals surface area (Å²) in [6.07, 6.45) is 0. The van der Waals surface area contributed by atoms with E-state index in [1.54, 1.807) is 45.4 Å². The minimum Gasteiger partial charge on any atom is -0.493 e. The van der Waals surface area contributed by atoms with Crippen molar-refractivity contribution >= 4 is 28.2 Å². The van der Waals surface area contributed by atoms with Crippen molar-refractivity contribution in [2.45, 2.75) is 20.8 Å². The van der Waals surface area contributed by atoms with Crippen molar-refractivity contribution in [3.05, 3.63) is 58.5 Å². The Morgan fingerprint density at radius 3 is 2.30 bits per heavy atom. The standard InChI is InChI=1S/C25H27NO6S/c1-6-31-25(28)23-22(17-9-12-19(29-4)20(13-17)30-5)16(3)33-24(23)26-21(27)14-32-18-10-7-15(2)8-11-18/h7-13H,6,14H2,1-5H3,(H,26,27). The van der Waals surface area contributed by atoms with Crippen LogP contribution in [0.1, 0.15) is 27.7 Å². The highest BCUT2D eigenvalue weighted by Gasteiger charge is 2.26. The van der Waals surface area contributed by atoms with E-state index in [0.29, 0.717) is 33.4 Å². The molecule has 3 rings (SSSR count). The smallest absolute Gasteiger partial charge is 0.341 e. The van der Waals surface area contributed by atoms with Gasteiger partial charge < -0.3 is 24.3 Å². The summed E-state index contributed by atoms with van der Waals surface area (Å²) >= 11 is 1.30. The van der Waals surface area contributed by atoms with Gasteiger partial charge in [0.25, 0.3) is 5.91 Å². The lowest BCUT2D eigenvalue weighted by Gasteiger charge is -2.12. The number of esters is 1. The van der Waals surface area contributed by atoms with Gasteiger partial charge in [0, 0.05) is 10.4 Å². The summed E-state index contributed by atoms with van der Waals surface area (Å²) in [4.78, 5) is 26.3. The molecule has 0 aliphatic rings. The van der Waals surface area contributed by atoms with Gasteiger partial charge in [0.05, 0.1) is 20.8 Å². The lowest BCUT2D eigenvalue weighted by atomic mass is 10.0. The molecular formula is C25H27NO6S. The summed E-state index contributed by atoms with van der Waals surface area (Å²) in [7, 11) is 3.11. The zero-order valence-corrected chi connectivity index (χ0v) is 20.1. The number of hydrogen-bond acceptors (Lipinski definition) is 7. The van der Waals surface area contributed by atoms with Crippen molar-refractivity contribution in [1.82, 2.24) is 0 Å². The zero-order valence-electron chi connectivity index (χ0n) is 19.3. The third kappa shape index (κ3) is 5.64. The molecule has 0 aliphatic heterocycles. The Hall–Kier alpha value is -3.52. The number of hydrogen-bond donors (Lipinski definition) is 1. The molecule has 0 fully saturated rings. The van der Waals surface area contributed by atoms with Crippen molar-refractivity contribution < 1.29 is 28.5 Å². The van der Waals surface area contributed by atoms with E-state index in [4.69, 9.17) is 18.9 Å². The molecule has 0 radical (unpaired) electrons. The molecule has 1 amide bonds. The molecule has 0 atom stereocenters. The molecular weight excluding hydrogens is 442 g/mol. The van der Waals surface area contributed by atoms with Gasteiger partial charge in [-0.1, -0.05) is 23.8 Å². The van der Waals surface area contributed by atoms with Gasteiger partial charge in [-0.25, -0.2) is 4.79 Å². The van der Waals surface area contributed by atoms with E-state index in [1.807, 2.05) is 32.0 Å². The number of aryl methyl sites for hydroxylation is 2. The number of nitrogens with one attached hydrogen (secondary N) is 1. The van der Waals surface area contributed by atoms with Crippen molar-refractivity contribution in [1.29, 1.82) is 0 Å². The van der Waals surface area contributed by atoms with Crippen LogP contribution in [0.15, 0.2) is 42.5 Å². The van der Waals surface area contributed by atoms with Crippen LogP contribution in [0.5, 0.6) is 17.2 Å². The topological polar surface area (TPSA) is 83.1 Å². The van der Waals surface area contributed by atoms with Gasteiger partial charge in [-0.15, -0.1) is 11.3 Å². The first-order chi connectivity index (χ1) is 15.9. The minimum atomic E-state index is -0.513. The van der Waals surface area contributed by atoms with Crippen LogP contribution >= 0.6 is 11.3 Å². The Balaban J connectivity index is 1.91. The zero-order chi connectivity index (χ0) is 24.0. The van der Waals surface area contributed by atoms with E-state index in [2.05, 4.69) is 5.32 Å². The van der Waals surface area contributed by atoms with Crippen LogP contribution < -0.4 is 19.5 Å². The fourth-order valence-electron chi connectivity index (χ4n) is 3.32. The predicted molar refractivity (Wildman–Crippen MR) is 129 cm³/mol. The first kappa shape index (κ1) is 24.1. The fraction of sp³-hybridized carbons (Fsp3) is 0.280. The van der Waals surface area contributed by atoms with Gasteiger partial charge in [-0.3, -0.25) is 4.79 Å². The predicted octanol–water partition coefficient (Wildman–Crippen LogP) is 5.24. The number of rotatable bonds is 9. The van der Waals surface area contributed by atoms with E-state index >= 15 is 0 Å². The summed E-state index contributed by atoms with van der Waals surface area (Å²) in [6, 6.07) is 12.8. The summed E-state index contributed by atoms with van der Waals surface area (Å²) in [5, 5.41) is 3.22. The van der Waals surface area contributed by atoms with Crippen molar-refractivity contribution in [3.63, 3.8) is 0 Å². The molecule has 0 unspecified atom stereocenters. The van der Waals surface area contributed by atoms with E-state index in [0.717, 1.165) is 16.0 Å². The Labute approximate surface area is 197 Å². The number of carbonyl (C=O) groups is 2. The van der Waals surface area contributed by atoms with Gasteiger partial charge in [-0.2, -0.15) is 0 Å². The average Bonchev–Trinajstić information content (AvgIpc) is 3.13. The van der Waals surface area contributed by atoms with Crippen LogP contribution in [0, 0.1) is 13.8 Å². The van der Waals surface area contributed by atoms with Crippen LogP contribution in [0.25, 0.3) is 11.1 Å². The number of anilines is 1. The van der Waals surface area contributed by atoms with E-state index in [-0.39, 0.29) is 19.1 Å². The van der Waals surface area contributed by atoms with Crippen LogP contribution in [-0.4, -0.2) is 39.3 Å². The van der Waals surface area contributed by atoms with Gasteiger partial charge in [-0.05, 0) is 50.6 Å². The number of amides is 1. The quantitative estimate of drug-likeness (QED) is 0.432. The van der Waals surface area contributed by atoms with Crippen molar-refractivity contribution in [2.75, 3.05) is 32.8 Å². The summed E-state index contributed by atoms with van der Waals surface area (Å²) in [5.41, 5.74) is 2.83. The van der Waals surface area contributed by atoms with Crippen molar-refractivity contribution in [3.8, 4) is 28.4 Å². The summed E-state index contributed by atoms with van der Waals surface area (Å²) in [6.45, 7) is 5.62. The molecule has 0 aliphatic carbocycles. The van der Waals surface area contributed by atoms with Crippen LogP contribution in [-0.2, 0) is 9.53 Å². The third-order valence-corrected chi connectivity index (χ3v) is 5.90. The fourth-order valence-corrected chi connectivity index (χ4v) is 4.40. The van der Waals surface area contributed by atoms with E-state index in [1.165, 1.54) is 11.3 Å². The van der Waals surface area contributed by atoms with Crippen LogP contribution in [0.3, 0.4) is 0 Å². The second-order valence-corrected chi connectivity index (χ2v) is 8.40. The maximum Gasteiger partial charge on any atom is 0.341 e. The summed E-state index contributed by atoms with van der Waals surface area (Å²) in [5.74, 6) is 0.818. The number of benzene rings is 2. The van der Waals surface area contributed by atoms with Gasteiger partial charge in [0.15, 0.2) is 18.1 Å². The first-order valence-electron chi connectivity index (χ1n) is 10.4. The molecule has 0 spiro atoms. The van der Waals surface area contributed by atoms with Crippen LogP contribution in [0.4, 0.5) is 5.00 Å². The molecule has 1 N–H and O–H groups in total. The first-order valence-corrected chi connectivity index (χ1v) is 11.2. The van der Waals surface area contributed by atoms with Gasteiger partial charge in [0.2, 0.25) is 0 Å². The SMILES string of the molecule is CCOC(=O)c1c(NC(=O)COc2ccc(C)cc2)sc(C)c1-c1ccc(OC)c(OC)c1. The maximum absolute atomic E-state index is 12.9. The summed E-state index contributed by atoms with van der Waals surface area (Å²) < 4.78 is 21.6. The molecule has 0 saturated heterocycles. The normalized spacial score (nSPS) is 10.5. The Morgan fingerprint density at radius 1 is 0.970 bits per heavy atom. The molecule has 8 heteroatoms. The molecule has 1 heterocycles. The lowest BCUT2D eigenvalue weighted by Crippen LogP contribution is -2.21. The monoisotopic (exact) mass is 469 g/mol. The highest BCUT2D eigenvalue weighted by atomic mass is 32.1. The number of thiophene rings is 1. The second kappa shape index (κ2) is 10.9. The number of ether oxygens (including phenoxy) is 4. The Bertz CT molecular complexity index is 1140. The molecule has 33 heavy (non-hydrogen) atoms. The van der Waals surface area contributed by atoms with E-state index < -0.39 is 5.97 Å². The average molecular weight is 470 g/mol. The highest BCUT2D eigenvalue weighted by Crippen LogP contribution is 2.42. The molecule has 0 saturated carbocycles. The molecule has 2 aromatic carbocycles. The minimum absolute atomic E-state index is 0.187. The number of carbonyl (C=O) groups excluding carboxylic acids is 2. The van der Waals surface area contributed by atoms with Crippen LogP contribution in [0.2, 0.25) is 0 Å². The second-order valence-electron chi connectivity index (χ2n) is 7.18. The lowest BCUT2D eigenvalue weighted by molar-refractivity contribution is -0.118. The van der Waals surface area contributed by atoms with E-state index in [9.17, 15) is 9.59 Å². The number of methoxy groups -OCH3 is 2. The molecule has 3 aromatic rings. The van der Waals surface area contributed by atoms with Crippen molar-refractivity contribution in [2.24, 2.45) is 0 Å². The van der Waals surface area contributed by atoms with Gasteiger partial charge >= 0.3 is 5.97 Å². The molecule has 174 valence electrons. The Morgan fingerprint density at radius 2 is 1.67 bits per heavy atom. The molecule has 1 aromatic heterocycles. The molecule has 7 nitrogen and oxygen atoms in total. The largest absolute Gasteiger partial charge is 0.493 e. The third-order valence-electron chi connectivity index (χ3n) is 4.88.